The van der Waals surface area contributed by atoms with Crippen molar-refractivity contribution in [2.24, 2.45) is 5.92 Å². The van der Waals surface area contributed by atoms with Crippen molar-refractivity contribution >= 4 is 29.2 Å². The molecule has 30 heavy (non-hydrogen) atoms. The summed E-state index contributed by atoms with van der Waals surface area (Å²) < 4.78 is 0. The number of hydrogen-bond donors (Lipinski definition) is 3. The van der Waals surface area contributed by atoms with E-state index in [0.717, 1.165) is 37.7 Å². The number of hydrogen-bond acceptors (Lipinski definition) is 6. The second-order valence-corrected chi connectivity index (χ2v) is 8.11. The van der Waals surface area contributed by atoms with E-state index in [1.165, 1.54) is 6.20 Å². The number of aromatic nitrogens is 4. The van der Waals surface area contributed by atoms with Crippen molar-refractivity contribution in [2.45, 2.75) is 52.0 Å². The maximum Gasteiger partial charge on any atom is 0.269 e. The van der Waals surface area contributed by atoms with Gasteiger partial charge in [-0.05, 0) is 57.9 Å². The summed E-state index contributed by atoms with van der Waals surface area (Å²) in [4.78, 5) is 35.2. The van der Waals surface area contributed by atoms with Gasteiger partial charge in [-0.1, -0.05) is 11.6 Å². The summed E-state index contributed by atoms with van der Waals surface area (Å²) >= 11 is 6.24. The first kappa shape index (κ1) is 22.0. The van der Waals surface area contributed by atoms with Gasteiger partial charge in [-0.15, -0.1) is 0 Å². The molecule has 10 heteroatoms. The van der Waals surface area contributed by atoms with Gasteiger partial charge in [-0.2, -0.15) is 5.10 Å². The van der Waals surface area contributed by atoms with Gasteiger partial charge in [0.15, 0.2) is 0 Å². The topological polar surface area (TPSA) is 130 Å². The van der Waals surface area contributed by atoms with E-state index in [-0.39, 0.29) is 11.8 Å². The third-order valence-electron chi connectivity index (χ3n) is 5.53. The average Bonchev–Trinajstić information content (AvgIpc) is 3.13. The van der Waals surface area contributed by atoms with Crippen LogP contribution < -0.4 is 11.1 Å². The van der Waals surface area contributed by atoms with Crippen LogP contribution in [0, 0.1) is 12.8 Å². The number of nitrogens with two attached hydrogens (primary N) is 1. The highest BCUT2D eigenvalue weighted by Crippen LogP contribution is 2.26. The lowest BCUT2D eigenvalue weighted by Crippen LogP contribution is -2.47. The third-order valence-corrected chi connectivity index (χ3v) is 5.84. The maximum atomic E-state index is 12.8. The molecule has 2 amide bonds. The molecule has 4 N–H and O–H groups in total. The molecule has 1 aliphatic heterocycles. The van der Waals surface area contributed by atoms with Crippen LogP contribution in [0.2, 0.25) is 5.15 Å². The molecule has 1 unspecified atom stereocenters. The fraction of sp³-hybridized carbons (Fsp3) is 0.550. The third kappa shape index (κ3) is 5.47. The van der Waals surface area contributed by atoms with Crippen molar-refractivity contribution < 1.29 is 9.59 Å². The van der Waals surface area contributed by atoms with Gasteiger partial charge in [0.25, 0.3) is 5.91 Å². The van der Waals surface area contributed by atoms with Gasteiger partial charge in [0.2, 0.25) is 5.91 Å². The molecule has 0 aliphatic carbocycles. The molecule has 0 spiro atoms. The lowest BCUT2D eigenvalue weighted by Gasteiger charge is -2.24. The molecule has 3 rings (SSSR count). The minimum atomic E-state index is -0.597. The first-order chi connectivity index (χ1) is 14.3. The molecule has 0 saturated carbocycles. The Hall–Kier alpha value is -2.68. The molecule has 2 atom stereocenters. The fourth-order valence-electron chi connectivity index (χ4n) is 3.83. The highest BCUT2D eigenvalue weighted by molar-refractivity contribution is 6.30. The second-order valence-electron chi connectivity index (χ2n) is 7.75. The smallest absolute Gasteiger partial charge is 0.269 e. The first-order valence-corrected chi connectivity index (χ1v) is 10.6. The Labute approximate surface area is 180 Å². The summed E-state index contributed by atoms with van der Waals surface area (Å²) in [7, 11) is 0. The van der Waals surface area contributed by atoms with Crippen LogP contribution in [0.5, 0.6) is 0 Å². The molecule has 2 aromatic heterocycles. The molecule has 162 valence electrons. The number of nitrogens with zero attached hydrogens (tertiary/aromatic N) is 4. The van der Waals surface area contributed by atoms with E-state index in [1.807, 2.05) is 4.90 Å². The number of halogens is 1. The van der Waals surface area contributed by atoms with Crippen LogP contribution in [-0.4, -0.2) is 56.0 Å². The summed E-state index contributed by atoms with van der Waals surface area (Å²) in [5, 5.41) is 9.51. The lowest BCUT2D eigenvalue weighted by molar-refractivity contribution is -0.132. The SMILES string of the molecule is Cc1nc(N)c(CCC2CCCN(C(=O)[C@H](C)NC(=O)c3ccn[nH]3)CC2)c(Cl)n1. The fourth-order valence-corrected chi connectivity index (χ4v) is 4.14. The van der Waals surface area contributed by atoms with Gasteiger partial charge >= 0.3 is 0 Å². The number of nitrogens with one attached hydrogen (secondary N) is 2. The zero-order valence-corrected chi connectivity index (χ0v) is 18.1. The molecule has 1 saturated heterocycles. The monoisotopic (exact) mass is 433 g/mol. The Kier molecular flexibility index (Phi) is 7.25. The number of nitrogen functional groups attached to an aromatic ring is 1. The quantitative estimate of drug-likeness (QED) is 0.598. The highest BCUT2D eigenvalue weighted by atomic mass is 35.5. The summed E-state index contributed by atoms with van der Waals surface area (Å²) in [5.74, 6) is 1.08. The number of amides is 2. The Balaban J connectivity index is 1.50. The summed E-state index contributed by atoms with van der Waals surface area (Å²) in [6.07, 6.45) is 6.00. The van der Waals surface area contributed by atoms with E-state index < -0.39 is 6.04 Å². The van der Waals surface area contributed by atoms with Crippen molar-refractivity contribution in [3.63, 3.8) is 0 Å². The van der Waals surface area contributed by atoms with Crippen LogP contribution in [0.15, 0.2) is 12.3 Å². The van der Waals surface area contributed by atoms with Crippen molar-refractivity contribution in [1.82, 2.24) is 30.4 Å². The standard InChI is InChI=1S/C20H28ClN7O2/c1-12(24-19(29)16-7-9-23-27-16)20(30)28-10-3-4-14(8-11-28)5-6-15-17(21)25-13(2)26-18(15)22/h7,9,12,14H,3-6,8,10-11H2,1-2H3,(H,23,27)(H,24,29)(H2,22,25,26)/t12-,14?/m0/s1. The minimum Gasteiger partial charge on any atom is -0.383 e. The number of carbonyl (C=O) groups is 2. The molecule has 1 aliphatic rings. The summed E-state index contributed by atoms with van der Waals surface area (Å²) in [6.45, 7) is 4.83. The summed E-state index contributed by atoms with van der Waals surface area (Å²) in [6, 6.07) is 0.974. The van der Waals surface area contributed by atoms with E-state index in [1.54, 1.807) is 19.9 Å². The molecule has 0 aromatic carbocycles. The minimum absolute atomic E-state index is 0.0669. The van der Waals surface area contributed by atoms with Crippen LogP contribution in [0.3, 0.4) is 0 Å². The molecule has 0 radical (unpaired) electrons. The van der Waals surface area contributed by atoms with Crippen LogP contribution in [0.4, 0.5) is 5.82 Å². The van der Waals surface area contributed by atoms with Gasteiger partial charge in [0, 0.05) is 24.8 Å². The van der Waals surface area contributed by atoms with Gasteiger partial charge in [0.05, 0.1) is 0 Å². The Morgan fingerprint density at radius 2 is 2.17 bits per heavy atom. The highest BCUT2D eigenvalue weighted by Gasteiger charge is 2.26. The van der Waals surface area contributed by atoms with Gasteiger partial charge in [-0.3, -0.25) is 14.7 Å². The average molecular weight is 434 g/mol. The van der Waals surface area contributed by atoms with E-state index in [9.17, 15) is 9.59 Å². The zero-order valence-electron chi connectivity index (χ0n) is 17.3. The van der Waals surface area contributed by atoms with E-state index in [0.29, 0.717) is 41.5 Å². The number of anilines is 1. The molecular weight excluding hydrogens is 406 g/mol. The lowest BCUT2D eigenvalue weighted by atomic mass is 9.93. The molecule has 9 nitrogen and oxygen atoms in total. The van der Waals surface area contributed by atoms with E-state index in [4.69, 9.17) is 17.3 Å². The number of likely N-dealkylation sites (tertiary alicyclic amines) is 1. The van der Waals surface area contributed by atoms with Crippen LogP contribution in [0.25, 0.3) is 0 Å². The summed E-state index contributed by atoms with van der Waals surface area (Å²) in [5.41, 5.74) is 7.15. The van der Waals surface area contributed by atoms with Gasteiger partial charge in [-0.25, -0.2) is 9.97 Å². The largest absolute Gasteiger partial charge is 0.383 e. The van der Waals surface area contributed by atoms with Gasteiger partial charge in [0.1, 0.15) is 28.5 Å². The van der Waals surface area contributed by atoms with Crippen molar-refractivity contribution in [2.75, 3.05) is 18.8 Å². The number of H-pyrrole nitrogens is 1. The van der Waals surface area contributed by atoms with Crippen LogP contribution >= 0.6 is 11.6 Å². The number of carbonyl (C=O) groups excluding carboxylic acids is 2. The predicted molar refractivity (Wildman–Crippen MR) is 114 cm³/mol. The number of rotatable bonds is 6. The normalized spacial score (nSPS) is 18.0. The van der Waals surface area contributed by atoms with Crippen molar-refractivity contribution in [3.8, 4) is 0 Å². The molecule has 3 heterocycles. The second kappa shape index (κ2) is 9.88. The zero-order chi connectivity index (χ0) is 21.7. The molecular formula is C20H28ClN7O2. The van der Waals surface area contributed by atoms with Gasteiger partial charge < -0.3 is 16.0 Å². The Morgan fingerprint density at radius 1 is 1.37 bits per heavy atom. The number of aryl methyl sites for hydroxylation is 1. The van der Waals surface area contributed by atoms with Crippen LogP contribution in [0.1, 0.15) is 54.5 Å². The van der Waals surface area contributed by atoms with Crippen molar-refractivity contribution in [3.05, 3.63) is 34.5 Å². The molecule has 1 fully saturated rings. The first-order valence-electron chi connectivity index (χ1n) is 10.2. The molecule has 0 bridgehead atoms. The maximum absolute atomic E-state index is 12.8. The molecule has 2 aromatic rings. The Bertz CT molecular complexity index is 864. The Morgan fingerprint density at radius 3 is 2.87 bits per heavy atom. The number of aromatic amines is 1. The van der Waals surface area contributed by atoms with E-state index in [2.05, 4.69) is 25.5 Å². The van der Waals surface area contributed by atoms with Crippen molar-refractivity contribution in [1.29, 1.82) is 0 Å². The van der Waals surface area contributed by atoms with Crippen LogP contribution in [-0.2, 0) is 11.2 Å². The predicted octanol–water partition coefficient (Wildman–Crippen LogP) is 2.12. The van der Waals surface area contributed by atoms with E-state index >= 15 is 0 Å².